The molecule has 94 valence electrons. The number of nitro groups is 1. The Balaban J connectivity index is 3.24. The Morgan fingerprint density at radius 3 is 2.59 bits per heavy atom. The highest BCUT2D eigenvalue weighted by atomic mass is 35.5. The molecular weight excluding hydrogens is 266 g/mol. The van der Waals surface area contributed by atoms with Crippen molar-refractivity contribution in [2.24, 2.45) is 0 Å². The molecule has 0 aromatic heterocycles. The molecule has 0 aliphatic heterocycles. The third kappa shape index (κ3) is 3.17. The summed E-state index contributed by atoms with van der Waals surface area (Å²) < 4.78 is 23.8. The monoisotopic (exact) mass is 277 g/mol. The van der Waals surface area contributed by atoms with E-state index in [9.17, 15) is 18.5 Å². The second kappa shape index (κ2) is 5.46. The molecule has 0 atom stereocenters. The Morgan fingerprint density at radius 2 is 2.06 bits per heavy atom. The number of benzene rings is 1. The Bertz CT molecular complexity index is 527. The number of nitro benzene ring substituents is 1. The minimum absolute atomic E-state index is 0.0109. The van der Waals surface area contributed by atoms with Crippen LogP contribution in [0.2, 0.25) is 0 Å². The molecular formula is C10H12ClNO4S. The maximum absolute atomic E-state index is 11.9. The fourth-order valence-electron chi connectivity index (χ4n) is 1.49. The van der Waals surface area contributed by atoms with E-state index in [2.05, 4.69) is 0 Å². The van der Waals surface area contributed by atoms with Crippen molar-refractivity contribution in [1.29, 1.82) is 0 Å². The van der Waals surface area contributed by atoms with Gasteiger partial charge in [0.05, 0.1) is 15.6 Å². The third-order valence-corrected chi connectivity index (χ3v) is 4.54. The Hall–Kier alpha value is -1.14. The van der Waals surface area contributed by atoms with Gasteiger partial charge in [0, 0.05) is 17.5 Å². The summed E-state index contributed by atoms with van der Waals surface area (Å²) in [5, 5.41) is 10.7. The highest BCUT2D eigenvalue weighted by Gasteiger charge is 2.22. The van der Waals surface area contributed by atoms with E-state index < -0.39 is 14.8 Å². The van der Waals surface area contributed by atoms with E-state index in [0.717, 1.165) is 0 Å². The van der Waals surface area contributed by atoms with E-state index in [1.54, 1.807) is 0 Å². The fraction of sp³-hybridized carbons (Fsp3) is 0.400. The standard InChI is InChI=1S/C10H12ClNO4S/c1-8-9(12(13)14)4-2-5-10(8)17(15,16)7-3-6-11/h2,4-5H,3,6-7H2,1H3. The molecule has 17 heavy (non-hydrogen) atoms. The van der Waals surface area contributed by atoms with Crippen LogP contribution in [-0.4, -0.2) is 25.0 Å². The van der Waals surface area contributed by atoms with Crippen LogP contribution in [0.1, 0.15) is 12.0 Å². The molecule has 1 aromatic carbocycles. The van der Waals surface area contributed by atoms with E-state index in [1.807, 2.05) is 0 Å². The molecule has 0 heterocycles. The van der Waals surface area contributed by atoms with Crippen LogP contribution in [-0.2, 0) is 9.84 Å². The van der Waals surface area contributed by atoms with Gasteiger partial charge in [-0.3, -0.25) is 10.1 Å². The van der Waals surface area contributed by atoms with Crippen LogP contribution in [0.4, 0.5) is 5.69 Å². The molecule has 0 saturated carbocycles. The lowest BCUT2D eigenvalue weighted by Crippen LogP contribution is -2.10. The summed E-state index contributed by atoms with van der Waals surface area (Å²) in [6.45, 7) is 1.44. The smallest absolute Gasteiger partial charge is 0.258 e. The Kier molecular flexibility index (Phi) is 4.47. The summed E-state index contributed by atoms with van der Waals surface area (Å²) in [5.74, 6) is 0.145. The van der Waals surface area contributed by atoms with Crippen LogP contribution in [0.5, 0.6) is 0 Å². The van der Waals surface area contributed by atoms with Crippen molar-refractivity contribution in [3.63, 3.8) is 0 Å². The first-order chi connectivity index (χ1) is 7.90. The summed E-state index contributed by atoms with van der Waals surface area (Å²) in [5.41, 5.74) is -0.0102. The predicted octanol–water partition coefficient (Wildman–Crippen LogP) is 2.31. The van der Waals surface area contributed by atoms with Gasteiger partial charge in [-0.15, -0.1) is 11.6 Å². The van der Waals surface area contributed by atoms with E-state index in [-0.39, 0.29) is 27.8 Å². The highest BCUT2D eigenvalue weighted by Crippen LogP contribution is 2.25. The predicted molar refractivity (Wildman–Crippen MR) is 65.2 cm³/mol. The van der Waals surface area contributed by atoms with Gasteiger partial charge in [0.25, 0.3) is 5.69 Å². The van der Waals surface area contributed by atoms with Gasteiger partial charge in [-0.25, -0.2) is 8.42 Å². The minimum atomic E-state index is -3.50. The van der Waals surface area contributed by atoms with E-state index in [1.165, 1.54) is 25.1 Å². The zero-order chi connectivity index (χ0) is 13.1. The van der Waals surface area contributed by atoms with Crippen molar-refractivity contribution < 1.29 is 13.3 Å². The molecule has 0 bridgehead atoms. The maximum atomic E-state index is 11.9. The molecule has 1 aromatic rings. The van der Waals surface area contributed by atoms with Crippen molar-refractivity contribution >= 4 is 27.1 Å². The zero-order valence-corrected chi connectivity index (χ0v) is 10.8. The first-order valence-electron chi connectivity index (χ1n) is 4.93. The zero-order valence-electron chi connectivity index (χ0n) is 9.22. The lowest BCUT2D eigenvalue weighted by atomic mass is 10.2. The number of halogens is 1. The average molecular weight is 278 g/mol. The molecule has 0 aliphatic carbocycles. The van der Waals surface area contributed by atoms with Gasteiger partial charge in [0.1, 0.15) is 0 Å². The van der Waals surface area contributed by atoms with Crippen LogP contribution >= 0.6 is 11.6 Å². The molecule has 1 rings (SSSR count). The largest absolute Gasteiger partial charge is 0.273 e. The Labute approximate surface area is 104 Å². The number of alkyl halides is 1. The van der Waals surface area contributed by atoms with Crippen molar-refractivity contribution in [1.82, 2.24) is 0 Å². The van der Waals surface area contributed by atoms with Crippen molar-refractivity contribution in [3.8, 4) is 0 Å². The quantitative estimate of drug-likeness (QED) is 0.470. The van der Waals surface area contributed by atoms with Gasteiger partial charge in [-0.2, -0.15) is 0 Å². The normalized spacial score (nSPS) is 11.4. The minimum Gasteiger partial charge on any atom is -0.258 e. The number of nitrogens with zero attached hydrogens (tertiary/aromatic N) is 1. The van der Waals surface area contributed by atoms with Crippen LogP contribution in [0.25, 0.3) is 0 Å². The molecule has 0 aliphatic rings. The van der Waals surface area contributed by atoms with E-state index >= 15 is 0 Å². The molecule has 7 heteroatoms. The molecule has 0 amide bonds. The molecule has 0 spiro atoms. The van der Waals surface area contributed by atoms with Crippen molar-refractivity contribution in [3.05, 3.63) is 33.9 Å². The molecule has 0 radical (unpaired) electrons. The summed E-state index contributed by atoms with van der Waals surface area (Å²) in [7, 11) is -3.50. The second-order valence-corrected chi connectivity index (χ2v) is 5.97. The summed E-state index contributed by atoms with van der Waals surface area (Å²) in [4.78, 5) is 10.1. The lowest BCUT2D eigenvalue weighted by Gasteiger charge is -2.06. The van der Waals surface area contributed by atoms with Gasteiger partial charge in [0.2, 0.25) is 0 Å². The van der Waals surface area contributed by atoms with Crippen molar-refractivity contribution in [2.45, 2.75) is 18.2 Å². The molecule has 0 fully saturated rings. The van der Waals surface area contributed by atoms with Crippen LogP contribution in [0.3, 0.4) is 0 Å². The molecule has 0 N–H and O–H groups in total. The van der Waals surface area contributed by atoms with Gasteiger partial charge >= 0.3 is 0 Å². The first-order valence-corrected chi connectivity index (χ1v) is 7.11. The number of rotatable bonds is 5. The van der Waals surface area contributed by atoms with Crippen LogP contribution in [0.15, 0.2) is 23.1 Å². The van der Waals surface area contributed by atoms with Crippen molar-refractivity contribution in [2.75, 3.05) is 11.6 Å². The lowest BCUT2D eigenvalue weighted by molar-refractivity contribution is -0.385. The summed E-state index contributed by atoms with van der Waals surface area (Å²) in [6, 6.07) is 4.04. The van der Waals surface area contributed by atoms with Gasteiger partial charge in [-0.1, -0.05) is 6.07 Å². The van der Waals surface area contributed by atoms with Gasteiger partial charge < -0.3 is 0 Å². The fourth-order valence-corrected chi connectivity index (χ4v) is 3.39. The summed E-state index contributed by atoms with van der Waals surface area (Å²) in [6.07, 6.45) is 0.325. The topological polar surface area (TPSA) is 77.3 Å². The first kappa shape index (κ1) is 13.9. The SMILES string of the molecule is Cc1c([N+](=O)[O-])cccc1S(=O)(=O)CCCCl. The Morgan fingerprint density at radius 1 is 1.41 bits per heavy atom. The van der Waals surface area contributed by atoms with Gasteiger partial charge in [0.15, 0.2) is 9.84 Å². The average Bonchev–Trinajstić information content (AvgIpc) is 2.26. The number of sulfone groups is 1. The summed E-state index contributed by atoms with van der Waals surface area (Å²) >= 11 is 5.44. The maximum Gasteiger partial charge on any atom is 0.273 e. The molecule has 0 unspecified atom stereocenters. The van der Waals surface area contributed by atoms with Gasteiger partial charge in [-0.05, 0) is 19.4 Å². The third-order valence-electron chi connectivity index (χ3n) is 2.33. The highest BCUT2D eigenvalue weighted by molar-refractivity contribution is 7.91. The van der Waals surface area contributed by atoms with Crippen LogP contribution in [0, 0.1) is 17.0 Å². The van der Waals surface area contributed by atoms with E-state index in [0.29, 0.717) is 6.42 Å². The second-order valence-electron chi connectivity index (χ2n) is 3.52. The number of hydrogen-bond acceptors (Lipinski definition) is 4. The number of hydrogen-bond donors (Lipinski definition) is 0. The molecule has 5 nitrogen and oxygen atoms in total. The van der Waals surface area contributed by atoms with Crippen LogP contribution < -0.4 is 0 Å². The van der Waals surface area contributed by atoms with E-state index in [4.69, 9.17) is 11.6 Å². The molecule has 0 saturated heterocycles.